The maximum absolute atomic E-state index is 14.2. The summed E-state index contributed by atoms with van der Waals surface area (Å²) in [4.78, 5) is 40.6. The SMILES string of the molecule is CC(=O)Nc1ccc(O)cc1.CC[C@H]1OC(=O)[C@H](C)[C@@H](O[C@H]2C[C@@](C)(OC)[C@@H](O)[C@H](C)O2)C(C)[C@@H](O[C@@H]2O[C@H](C)C[C@H](N(C)C)[C@H]2O)[C@](C)(OC)C[C@@H](C)C(=O)[C@H](C)[C@@H](O)[C@]1(C)O. The Labute approximate surface area is 374 Å². The van der Waals surface area contributed by atoms with Crippen LogP contribution in [0, 0.1) is 23.7 Å². The average Bonchev–Trinajstić information content (AvgIpc) is 3.22. The van der Waals surface area contributed by atoms with Gasteiger partial charge in [0.05, 0.1) is 47.6 Å². The zero-order valence-corrected chi connectivity index (χ0v) is 40.1. The number of rotatable bonds is 9. The number of hydrogen-bond donors (Lipinski definition) is 6. The van der Waals surface area contributed by atoms with E-state index in [-0.39, 0.29) is 48.8 Å². The third kappa shape index (κ3) is 13.2. The average molecular weight is 899 g/mol. The molecular formula is C46H78N2O15. The van der Waals surface area contributed by atoms with Crippen molar-refractivity contribution in [1.29, 1.82) is 0 Å². The summed E-state index contributed by atoms with van der Waals surface area (Å²) < 4.78 is 43.9. The van der Waals surface area contributed by atoms with Gasteiger partial charge in [0.2, 0.25) is 5.91 Å². The second-order valence-electron chi connectivity index (χ2n) is 18.9. The molecule has 17 heteroatoms. The number of anilines is 1. The summed E-state index contributed by atoms with van der Waals surface area (Å²) >= 11 is 0. The molecule has 3 fully saturated rings. The Hall–Kier alpha value is -2.81. The van der Waals surface area contributed by atoms with Crippen LogP contribution in [0.1, 0.15) is 102 Å². The van der Waals surface area contributed by atoms with Crippen LogP contribution in [0.15, 0.2) is 24.3 Å². The summed E-state index contributed by atoms with van der Waals surface area (Å²) in [6.07, 6.45) is -8.73. The molecule has 63 heavy (non-hydrogen) atoms. The first-order valence-corrected chi connectivity index (χ1v) is 22.1. The Morgan fingerprint density at radius 2 is 1.46 bits per heavy atom. The number of aliphatic hydroxyl groups is 4. The van der Waals surface area contributed by atoms with E-state index in [1.54, 1.807) is 60.6 Å². The van der Waals surface area contributed by atoms with Crippen molar-refractivity contribution in [3.05, 3.63) is 24.3 Å². The van der Waals surface area contributed by atoms with Gasteiger partial charge in [-0.25, -0.2) is 0 Å². The molecule has 1 unspecified atom stereocenters. The van der Waals surface area contributed by atoms with Crippen molar-refractivity contribution < 1.29 is 73.1 Å². The molecular weight excluding hydrogens is 821 g/mol. The molecule has 0 saturated carbocycles. The molecule has 1 aromatic carbocycles. The van der Waals surface area contributed by atoms with Gasteiger partial charge in [0.15, 0.2) is 12.6 Å². The number of carbonyl (C=O) groups is 3. The number of cyclic esters (lactones) is 1. The summed E-state index contributed by atoms with van der Waals surface area (Å²) in [5.74, 6) is -4.39. The monoisotopic (exact) mass is 899 g/mol. The molecule has 3 aliphatic heterocycles. The number of amides is 1. The fourth-order valence-corrected chi connectivity index (χ4v) is 9.33. The van der Waals surface area contributed by atoms with E-state index in [0.29, 0.717) is 12.1 Å². The minimum atomic E-state index is -1.96. The maximum atomic E-state index is 14.2. The predicted molar refractivity (Wildman–Crippen MR) is 233 cm³/mol. The molecule has 0 spiro atoms. The minimum absolute atomic E-state index is 0.111. The molecule has 0 aromatic heterocycles. The second kappa shape index (κ2) is 22.6. The number of phenolic OH excluding ortho intramolecular Hbond substituents is 1. The largest absolute Gasteiger partial charge is 0.508 e. The highest BCUT2D eigenvalue weighted by Gasteiger charge is 2.54. The minimum Gasteiger partial charge on any atom is -0.508 e. The number of hydrogen-bond acceptors (Lipinski definition) is 16. The highest BCUT2D eigenvalue weighted by Crippen LogP contribution is 2.42. The number of ketones is 1. The first-order chi connectivity index (χ1) is 29.2. The van der Waals surface area contributed by atoms with Crippen LogP contribution in [0.2, 0.25) is 0 Å². The molecule has 0 radical (unpaired) electrons. The van der Waals surface area contributed by atoms with E-state index >= 15 is 0 Å². The van der Waals surface area contributed by atoms with Crippen molar-refractivity contribution in [2.75, 3.05) is 33.6 Å². The fourth-order valence-electron chi connectivity index (χ4n) is 9.33. The molecule has 17 nitrogen and oxygen atoms in total. The number of ether oxygens (including phenoxy) is 7. The number of Topliss-reactive ketones (excluding diaryl/α,β-unsaturated/α-hetero) is 1. The molecule has 1 amide bonds. The number of carbonyl (C=O) groups excluding carboxylic acids is 3. The van der Waals surface area contributed by atoms with Crippen LogP contribution < -0.4 is 5.32 Å². The van der Waals surface area contributed by atoms with Crippen molar-refractivity contribution in [2.24, 2.45) is 23.7 Å². The van der Waals surface area contributed by atoms with Gasteiger partial charge in [0, 0.05) is 57.0 Å². The van der Waals surface area contributed by atoms with Gasteiger partial charge in [-0.1, -0.05) is 27.7 Å². The number of aromatic hydroxyl groups is 1. The molecule has 6 N–H and O–H groups in total. The summed E-state index contributed by atoms with van der Waals surface area (Å²) in [5, 5.41) is 57.0. The maximum Gasteiger partial charge on any atom is 0.311 e. The van der Waals surface area contributed by atoms with Crippen molar-refractivity contribution >= 4 is 23.3 Å². The molecule has 18 atom stereocenters. The lowest BCUT2D eigenvalue weighted by Crippen LogP contribution is -2.61. The van der Waals surface area contributed by atoms with Crippen LogP contribution in [-0.4, -0.2) is 161 Å². The highest BCUT2D eigenvalue weighted by molar-refractivity contribution is 5.88. The van der Waals surface area contributed by atoms with E-state index in [1.807, 2.05) is 32.8 Å². The Kier molecular flexibility index (Phi) is 19.6. The van der Waals surface area contributed by atoms with Gasteiger partial charge in [-0.15, -0.1) is 0 Å². The van der Waals surface area contributed by atoms with E-state index in [1.165, 1.54) is 40.2 Å². The van der Waals surface area contributed by atoms with Gasteiger partial charge in [0.1, 0.15) is 35.4 Å². The van der Waals surface area contributed by atoms with Crippen LogP contribution >= 0.6 is 0 Å². The number of likely N-dealkylation sites (N-methyl/N-ethyl adjacent to an activating group) is 1. The van der Waals surface area contributed by atoms with Crippen molar-refractivity contribution in [3.8, 4) is 5.75 Å². The standard InChI is InChI=1S/C38H69NO13.C8H9NO2/c1-15-26-38(10,45)31(42)21(4)28(40)19(2)17-37(9,47-14)33(52-35-29(41)25(39(11)12)16-20(3)48-35)22(5)30(23(6)34(44)50-26)51-27-18-36(8,46-13)32(43)24(7)49-27;1-6(10)9-7-2-4-8(11)5-3-7/h19-27,29-33,35,41-43,45H,15-18H2,1-14H3;2-5,11H,1H3,(H,9,10)/t19-,20-,21+,22?,23-,24+,25+,26-,27+,29-,30+,31-,32+,33-,35+,36-,37-,38-;/m1./s1. The molecule has 362 valence electrons. The van der Waals surface area contributed by atoms with Crippen LogP contribution in [-0.2, 0) is 47.5 Å². The van der Waals surface area contributed by atoms with E-state index in [0.717, 1.165) is 0 Å². The van der Waals surface area contributed by atoms with Crippen LogP contribution in [0.3, 0.4) is 0 Å². The van der Waals surface area contributed by atoms with Crippen molar-refractivity contribution in [3.63, 3.8) is 0 Å². The molecule has 3 aliphatic rings. The zero-order chi connectivity index (χ0) is 47.9. The number of benzene rings is 1. The number of phenols is 1. The zero-order valence-electron chi connectivity index (χ0n) is 40.1. The van der Waals surface area contributed by atoms with E-state index in [4.69, 9.17) is 38.3 Å². The van der Waals surface area contributed by atoms with Crippen molar-refractivity contribution in [2.45, 2.75) is 186 Å². The molecule has 0 bridgehead atoms. The normalized spacial score (nSPS) is 42.1. The van der Waals surface area contributed by atoms with Gasteiger partial charge >= 0.3 is 5.97 Å². The summed E-state index contributed by atoms with van der Waals surface area (Å²) in [6.45, 7) is 18.5. The first kappa shape index (κ1) is 54.5. The third-order valence-electron chi connectivity index (χ3n) is 13.5. The van der Waals surface area contributed by atoms with Gasteiger partial charge in [-0.05, 0) is 99.2 Å². The lowest BCUT2D eigenvalue weighted by Gasteiger charge is -2.50. The fraction of sp³-hybridized carbons (Fsp3) is 0.804. The second-order valence-corrected chi connectivity index (χ2v) is 18.9. The molecule has 0 aliphatic carbocycles. The molecule has 4 rings (SSSR count). The summed E-state index contributed by atoms with van der Waals surface area (Å²) in [6, 6.07) is 6.03. The number of aliphatic hydroxyl groups excluding tert-OH is 3. The van der Waals surface area contributed by atoms with Gasteiger partial charge in [0.25, 0.3) is 0 Å². The van der Waals surface area contributed by atoms with E-state index in [2.05, 4.69) is 5.32 Å². The Morgan fingerprint density at radius 1 is 0.873 bits per heavy atom. The number of nitrogens with zero attached hydrogens (tertiary/aromatic N) is 1. The van der Waals surface area contributed by atoms with Crippen LogP contribution in [0.25, 0.3) is 0 Å². The number of esters is 1. The Bertz CT molecular complexity index is 1630. The Morgan fingerprint density at radius 3 is 1.98 bits per heavy atom. The van der Waals surface area contributed by atoms with Crippen LogP contribution in [0.4, 0.5) is 5.69 Å². The first-order valence-electron chi connectivity index (χ1n) is 22.1. The smallest absolute Gasteiger partial charge is 0.311 e. The number of nitrogens with one attached hydrogen (secondary N) is 1. The summed E-state index contributed by atoms with van der Waals surface area (Å²) in [7, 11) is 6.77. The van der Waals surface area contributed by atoms with Gasteiger partial charge in [-0.3, -0.25) is 14.4 Å². The third-order valence-corrected chi connectivity index (χ3v) is 13.5. The molecule has 3 saturated heterocycles. The topological polar surface area (TPSA) is 232 Å². The lowest BCUT2D eigenvalue weighted by atomic mass is 9.74. The lowest BCUT2D eigenvalue weighted by molar-refractivity contribution is -0.319. The molecule has 1 aromatic rings. The quantitative estimate of drug-likeness (QED) is 0.153. The predicted octanol–water partition coefficient (Wildman–Crippen LogP) is 3.79. The number of methoxy groups -OCH3 is 2. The highest BCUT2D eigenvalue weighted by atomic mass is 16.7. The van der Waals surface area contributed by atoms with Crippen LogP contribution in [0.5, 0.6) is 5.75 Å². The summed E-state index contributed by atoms with van der Waals surface area (Å²) in [5.41, 5.74) is -3.55. The van der Waals surface area contributed by atoms with Crippen molar-refractivity contribution in [1.82, 2.24) is 4.90 Å². The van der Waals surface area contributed by atoms with E-state index < -0.39 is 102 Å². The molecule has 3 heterocycles. The van der Waals surface area contributed by atoms with Gasteiger partial charge in [-0.2, -0.15) is 0 Å². The van der Waals surface area contributed by atoms with Gasteiger partial charge < -0.3 is 68.9 Å². The van der Waals surface area contributed by atoms with E-state index in [9.17, 15) is 34.8 Å². The Balaban J connectivity index is 0.000000832.